The van der Waals surface area contributed by atoms with Gasteiger partial charge in [0.1, 0.15) is 5.75 Å². The molecule has 2 rings (SSSR count). The van der Waals surface area contributed by atoms with E-state index in [1.807, 2.05) is 12.1 Å². The standard InChI is InChI=1S/C19H30O2/c1-5-12-21-17-9-7-16(8-10-17)19(20)13-15(4)6-11-18(19)14(2)3/h7-10,14-15,18,20H,5-6,11-13H2,1-4H3. The van der Waals surface area contributed by atoms with Gasteiger partial charge in [0.05, 0.1) is 12.2 Å². The van der Waals surface area contributed by atoms with Gasteiger partial charge in [-0.05, 0) is 54.7 Å². The summed E-state index contributed by atoms with van der Waals surface area (Å²) in [6, 6.07) is 8.11. The van der Waals surface area contributed by atoms with Crippen molar-refractivity contribution in [1.29, 1.82) is 0 Å². The van der Waals surface area contributed by atoms with Crippen molar-refractivity contribution in [1.82, 2.24) is 0 Å². The highest BCUT2D eigenvalue weighted by Crippen LogP contribution is 2.47. The molecule has 0 spiro atoms. The summed E-state index contributed by atoms with van der Waals surface area (Å²) in [6.45, 7) is 9.55. The molecule has 2 nitrogen and oxygen atoms in total. The molecule has 0 aromatic heterocycles. The van der Waals surface area contributed by atoms with Crippen LogP contribution in [0, 0.1) is 17.8 Å². The Morgan fingerprint density at radius 3 is 2.48 bits per heavy atom. The summed E-state index contributed by atoms with van der Waals surface area (Å²) >= 11 is 0. The lowest BCUT2D eigenvalue weighted by Crippen LogP contribution is -2.43. The molecule has 0 bridgehead atoms. The SMILES string of the molecule is CCCOc1ccc(C2(O)CC(C)CCC2C(C)C)cc1. The summed E-state index contributed by atoms with van der Waals surface area (Å²) in [7, 11) is 0. The fraction of sp³-hybridized carbons (Fsp3) is 0.684. The molecule has 2 heteroatoms. The maximum atomic E-state index is 11.4. The molecule has 1 fully saturated rings. The molecule has 1 aromatic carbocycles. The van der Waals surface area contributed by atoms with Crippen LogP contribution in [-0.4, -0.2) is 11.7 Å². The minimum atomic E-state index is -0.685. The van der Waals surface area contributed by atoms with Crippen LogP contribution in [0.15, 0.2) is 24.3 Å². The summed E-state index contributed by atoms with van der Waals surface area (Å²) in [5.41, 5.74) is 0.367. The van der Waals surface area contributed by atoms with E-state index in [-0.39, 0.29) is 0 Å². The van der Waals surface area contributed by atoms with Crippen LogP contribution < -0.4 is 4.74 Å². The van der Waals surface area contributed by atoms with Crippen LogP contribution in [0.1, 0.15) is 58.9 Å². The number of ether oxygens (including phenoxy) is 1. The van der Waals surface area contributed by atoms with Gasteiger partial charge in [-0.15, -0.1) is 0 Å². The minimum Gasteiger partial charge on any atom is -0.494 e. The van der Waals surface area contributed by atoms with Gasteiger partial charge in [0.25, 0.3) is 0 Å². The Morgan fingerprint density at radius 1 is 1.24 bits per heavy atom. The summed E-state index contributed by atoms with van der Waals surface area (Å²) in [6.07, 6.45) is 4.22. The van der Waals surface area contributed by atoms with E-state index in [0.29, 0.717) is 17.8 Å². The number of hydrogen-bond acceptors (Lipinski definition) is 2. The summed E-state index contributed by atoms with van der Waals surface area (Å²) in [4.78, 5) is 0. The average Bonchev–Trinajstić information content (AvgIpc) is 2.45. The predicted octanol–water partition coefficient (Wildman–Crippen LogP) is 4.76. The molecule has 1 N–H and O–H groups in total. The second kappa shape index (κ2) is 6.83. The Bertz CT molecular complexity index is 437. The quantitative estimate of drug-likeness (QED) is 0.847. The van der Waals surface area contributed by atoms with Gasteiger partial charge >= 0.3 is 0 Å². The fourth-order valence-electron chi connectivity index (χ4n) is 3.76. The number of benzene rings is 1. The Balaban J connectivity index is 2.23. The highest BCUT2D eigenvalue weighted by molar-refractivity contribution is 5.32. The molecular weight excluding hydrogens is 260 g/mol. The van der Waals surface area contributed by atoms with Crippen LogP contribution in [0.3, 0.4) is 0 Å². The molecule has 0 radical (unpaired) electrons. The predicted molar refractivity (Wildman–Crippen MR) is 87.5 cm³/mol. The van der Waals surface area contributed by atoms with Crippen molar-refractivity contribution in [3.05, 3.63) is 29.8 Å². The van der Waals surface area contributed by atoms with E-state index in [4.69, 9.17) is 4.74 Å². The van der Waals surface area contributed by atoms with Crippen LogP contribution in [0.4, 0.5) is 0 Å². The normalized spacial score (nSPS) is 29.6. The van der Waals surface area contributed by atoms with E-state index in [1.165, 1.54) is 6.42 Å². The third-order valence-corrected chi connectivity index (χ3v) is 4.88. The van der Waals surface area contributed by atoms with Gasteiger partial charge < -0.3 is 9.84 Å². The van der Waals surface area contributed by atoms with E-state index in [9.17, 15) is 5.11 Å². The molecule has 1 saturated carbocycles. The van der Waals surface area contributed by atoms with Gasteiger partial charge in [-0.2, -0.15) is 0 Å². The van der Waals surface area contributed by atoms with E-state index in [1.54, 1.807) is 0 Å². The van der Waals surface area contributed by atoms with E-state index in [0.717, 1.165) is 37.2 Å². The Hall–Kier alpha value is -1.02. The second-order valence-corrected chi connectivity index (χ2v) is 7.03. The van der Waals surface area contributed by atoms with Crippen molar-refractivity contribution in [3.63, 3.8) is 0 Å². The van der Waals surface area contributed by atoms with Crippen molar-refractivity contribution in [3.8, 4) is 5.75 Å². The molecule has 3 unspecified atom stereocenters. The van der Waals surface area contributed by atoms with Crippen molar-refractivity contribution in [2.45, 2.75) is 59.0 Å². The molecule has 0 heterocycles. The van der Waals surface area contributed by atoms with Gasteiger partial charge in [0, 0.05) is 0 Å². The first-order chi connectivity index (χ1) is 9.97. The Morgan fingerprint density at radius 2 is 1.90 bits per heavy atom. The highest BCUT2D eigenvalue weighted by atomic mass is 16.5. The van der Waals surface area contributed by atoms with Crippen LogP contribution in [0.25, 0.3) is 0 Å². The van der Waals surface area contributed by atoms with Crippen molar-refractivity contribution in [2.24, 2.45) is 17.8 Å². The molecule has 3 atom stereocenters. The van der Waals surface area contributed by atoms with Crippen LogP contribution in [0.5, 0.6) is 5.75 Å². The van der Waals surface area contributed by atoms with Crippen LogP contribution in [0.2, 0.25) is 0 Å². The van der Waals surface area contributed by atoms with Crippen LogP contribution >= 0.6 is 0 Å². The molecule has 1 aromatic rings. The molecule has 1 aliphatic rings. The van der Waals surface area contributed by atoms with Crippen LogP contribution in [-0.2, 0) is 5.60 Å². The topological polar surface area (TPSA) is 29.5 Å². The first-order valence-corrected chi connectivity index (χ1v) is 8.43. The first-order valence-electron chi connectivity index (χ1n) is 8.43. The number of hydrogen-bond donors (Lipinski definition) is 1. The fourth-order valence-corrected chi connectivity index (χ4v) is 3.76. The Labute approximate surface area is 129 Å². The van der Waals surface area contributed by atoms with Crippen molar-refractivity contribution >= 4 is 0 Å². The largest absolute Gasteiger partial charge is 0.494 e. The smallest absolute Gasteiger partial charge is 0.119 e. The third kappa shape index (κ3) is 3.60. The molecule has 1 aliphatic carbocycles. The number of rotatable bonds is 5. The molecule has 21 heavy (non-hydrogen) atoms. The van der Waals surface area contributed by atoms with Crippen molar-refractivity contribution in [2.75, 3.05) is 6.61 Å². The van der Waals surface area contributed by atoms with E-state index < -0.39 is 5.60 Å². The molecule has 0 aliphatic heterocycles. The molecule has 0 saturated heterocycles. The van der Waals surface area contributed by atoms with Gasteiger partial charge in [-0.1, -0.05) is 46.2 Å². The lowest BCUT2D eigenvalue weighted by molar-refractivity contribution is -0.0865. The first kappa shape index (κ1) is 16.4. The molecule has 0 amide bonds. The maximum absolute atomic E-state index is 11.4. The van der Waals surface area contributed by atoms with Gasteiger partial charge in [-0.3, -0.25) is 0 Å². The van der Waals surface area contributed by atoms with Gasteiger partial charge in [0.2, 0.25) is 0 Å². The third-order valence-electron chi connectivity index (χ3n) is 4.88. The zero-order valence-electron chi connectivity index (χ0n) is 13.9. The van der Waals surface area contributed by atoms with E-state index in [2.05, 4.69) is 39.8 Å². The minimum absolute atomic E-state index is 0.344. The Kier molecular flexibility index (Phi) is 5.32. The summed E-state index contributed by atoms with van der Waals surface area (Å²) < 4.78 is 5.64. The van der Waals surface area contributed by atoms with Gasteiger partial charge in [-0.25, -0.2) is 0 Å². The summed E-state index contributed by atoms with van der Waals surface area (Å²) in [5.74, 6) is 2.32. The maximum Gasteiger partial charge on any atom is 0.119 e. The lowest BCUT2D eigenvalue weighted by atomic mass is 9.64. The zero-order valence-corrected chi connectivity index (χ0v) is 13.9. The van der Waals surface area contributed by atoms with Gasteiger partial charge in [0.15, 0.2) is 0 Å². The lowest BCUT2D eigenvalue weighted by Gasteiger charge is -2.45. The molecular formula is C19H30O2. The van der Waals surface area contributed by atoms with E-state index >= 15 is 0 Å². The highest BCUT2D eigenvalue weighted by Gasteiger charge is 2.43. The monoisotopic (exact) mass is 290 g/mol. The summed E-state index contributed by atoms with van der Waals surface area (Å²) in [5, 5.41) is 11.4. The molecule has 118 valence electrons. The number of aliphatic hydroxyl groups is 1. The average molecular weight is 290 g/mol. The zero-order chi connectivity index (χ0) is 15.5. The van der Waals surface area contributed by atoms with Crippen molar-refractivity contribution < 1.29 is 9.84 Å². The second-order valence-electron chi connectivity index (χ2n) is 7.03.